The molecule has 8 heteroatoms. The Bertz CT molecular complexity index is 761. The highest BCUT2D eigenvalue weighted by atomic mass is 32.2. The number of aryl methyl sites for hydroxylation is 2. The molecule has 0 aromatic heterocycles. The van der Waals surface area contributed by atoms with E-state index in [1.165, 1.54) is 18.1 Å². The van der Waals surface area contributed by atoms with Crippen LogP contribution < -0.4 is 10.0 Å². The van der Waals surface area contributed by atoms with E-state index < -0.39 is 34.5 Å². The third-order valence-electron chi connectivity index (χ3n) is 4.20. The number of benzene rings is 1. The summed E-state index contributed by atoms with van der Waals surface area (Å²) >= 11 is 0. The minimum absolute atomic E-state index is 0.0417. The van der Waals surface area contributed by atoms with Crippen LogP contribution in [-0.2, 0) is 37.2 Å². The Morgan fingerprint density at radius 3 is 2.69 bits per heavy atom. The minimum atomic E-state index is -3.53. The molecule has 26 heavy (non-hydrogen) atoms. The van der Waals surface area contributed by atoms with Gasteiger partial charge in [-0.1, -0.05) is 19.4 Å². The highest BCUT2D eigenvalue weighted by molar-refractivity contribution is 7.89. The second kappa shape index (κ2) is 9.14. The minimum Gasteiger partial charge on any atom is -0.454 e. The lowest BCUT2D eigenvalue weighted by Gasteiger charge is -2.13. The number of nitrogens with one attached hydrogen (secondary N) is 2. The van der Waals surface area contributed by atoms with Gasteiger partial charge in [0.2, 0.25) is 10.0 Å². The zero-order chi connectivity index (χ0) is 19.2. The van der Waals surface area contributed by atoms with E-state index in [4.69, 9.17) is 4.74 Å². The van der Waals surface area contributed by atoms with Crippen LogP contribution in [0.5, 0.6) is 0 Å². The van der Waals surface area contributed by atoms with E-state index in [-0.39, 0.29) is 5.75 Å². The van der Waals surface area contributed by atoms with Crippen molar-refractivity contribution in [3.63, 3.8) is 0 Å². The SMILES string of the molecule is CCCCS(=O)(=O)N[C@@H](C)C(=O)OCC(=O)Nc1ccc2c(c1)CCC2. The smallest absolute Gasteiger partial charge is 0.324 e. The number of amides is 1. The summed E-state index contributed by atoms with van der Waals surface area (Å²) < 4.78 is 30.7. The molecule has 0 fully saturated rings. The largest absolute Gasteiger partial charge is 0.454 e. The number of rotatable bonds is 9. The van der Waals surface area contributed by atoms with Gasteiger partial charge in [-0.3, -0.25) is 9.59 Å². The molecule has 1 aromatic carbocycles. The molecule has 0 saturated carbocycles. The molecule has 7 nitrogen and oxygen atoms in total. The predicted octanol–water partition coefficient (Wildman–Crippen LogP) is 1.77. The van der Waals surface area contributed by atoms with Crippen LogP contribution in [0.2, 0.25) is 0 Å². The topological polar surface area (TPSA) is 102 Å². The molecule has 1 atom stereocenters. The highest BCUT2D eigenvalue weighted by Crippen LogP contribution is 2.24. The van der Waals surface area contributed by atoms with Gasteiger partial charge in [0.15, 0.2) is 6.61 Å². The number of fused-ring (bicyclic) bond motifs is 1. The number of sulfonamides is 1. The molecule has 0 heterocycles. The molecule has 1 aliphatic carbocycles. The number of ether oxygens (including phenoxy) is 1. The molecule has 0 radical (unpaired) electrons. The Hall–Kier alpha value is -1.93. The summed E-state index contributed by atoms with van der Waals surface area (Å²) in [4.78, 5) is 23.8. The molecule has 1 amide bonds. The van der Waals surface area contributed by atoms with Crippen LogP contribution in [-0.4, -0.2) is 38.7 Å². The summed E-state index contributed by atoms with van der Waals surface area (Å²) in [5.41, 5.74) is 3.20. The van der Waals surface area contributed by atoms with E-state index in [1.54, 1.807) is 0 Å². The lowest BCUT2D eigenvalue weighted by Crippen LogP contribution is -2.41. The summed E-state index contributed by atoms with van der Waals surface area (Å²) in [6.07, 6.45) is 4.44. The summed E-state index contributed by atoms with van der Waals surface area (Å²) in [6, 6.07) is 4.72. The fraction of sp³-hybridized carbons (Fsp3) is 0.556. The van der Waals surface area contributed by atoms with E-state index in [9.17, 15) is 18.0 Å². The van der Waals surface area contributed by atoms with Crippen molar-refractivity contribution in [2.75, 3.05) is 17.7 Å². The second-order valence-corrected chi connectivity index (χ2v) is 8.38. The Morgan fingerprint density at radius 1 is 1.23 bits per heavy atom. The third kappa shape index (κ3) is 6.10. The van der Waals surface area contributed by atoms with Gasteiger partial charge in [0.1, 0.15) is 6.04 Å². The van der Waals surface area contributed by atoms with Crippen molar-refractivity contribution in [2.45, 2.75) is 52.0 Å². The van der Waals surface area contributed by atoms with Crippen LogP contribution in [0.4, 0.5) is 5.69 Å². The van der Waals surface area contributed by atoms with E-state index >= 15 is 0 Å². The molecule has 2 rings (SSSR count). The number of esters is 1. The maximum absolute atomic E-state index is 11.9. The molecule has 144 valence electrons. The molecule has 1 aromatic rings. The Kier molecular flexibility index (Phi) is 7.16. The predicted molar refractivity (Wildman–Crippen MR) is 99.3 cm³/mol. The molecule has 1 aliphatic rings. The average molecular weight is 382 g/mol. The van der Waals surface area contributed by atoms with E-state index in [0.717, 1.165) is 25.7 Å². The number of carbonyl (C=O) groups excluding carboxylic acids is 2. The maximum atomic E-state index is 11.9. The van der Waals surface area contributed by atoms with Gasteiger partial charge in [0.05, 0.1) is 5.75 Å². The monoisotopic (exact) mass is 382 g/mol. The van der Waals surface area contributed by atoms with E-state index in [1.807, 2.05) is 25.1 Å². The van der Waals surface area contributed by atoms with Crippen molar-refractivity contribution in [1.82, 2.24) is 4.72 Å². The van der Waals surface area contributed by atoms with Gasteiger partial charge in [-0.15, -0.1) is 0 Å². The standard InChI is InChI=1S/C18H26N2O5S/c1-3-4-10-26(23,24)20-13(2)18(22)25-12-17(21)19-16-9-8-14-6-5-7-15(14)11-16/h8-9,11,13,20H,3-7,10,12H2,1-2H3,(H,19,21)/t13-/m0/s1. The molecule has 0 spiro atoms. The molecule has 2 N–H and O–H groups in total. The van der Waals surface area contributed by atoms with Crippen LogP contribution >= 0.6 is 0 Å². The van der Waals surface area contributed by atoms with E-state index in [0.29, 0.717) is 12.1 Å². The van der Waals surface area contributed by atoms with Gasteiger partial charge in [-0.2, -0.15) is 0 Å². The summed E-state index contributed by atoms with van der Waals surface area (Å²) in [5.74, 6) is -1.29. The van der Waals surface area contributed by atoms with E-state index in [2.05, 4.69) is 10.0 Å². The zero-order valence-electron chi connectivity index (χ0n) is 15.2. The van der Waals surface area contributed by atoms with Gasteiger partial charge in [0, 0.05) is 5.69 Å². The molecule has 0 bridgehead atoms. The first-order chi connectivity index (χ1) is 12.3. The highest BCUT2D eigenvalue weighted by Gasteiger charge is 2.22. The van der Waals surface area contributed by atoms with Crippen LogP contribution in [0.1, 0.15) is 44.2 Å². The first-order valence-electron chi connectivity index (χ1n) is 8.89. The van der Waals surface area contributed by atoms with Crippen LogP contribution in [0.15, 0.2) is 18.2 Å². The summed E-state index contributed by atoms with van der Waals surface area (Å²) in [7, 11) is -3.53. The quantitative estimate of drug-likeness (QED) is 0.634. The average Bonchev–Trinajstić information content (AvgIpc) is 3.05. The van der Waals surface area contributed by atoms with Crippen molar-refractivity contribution >= 4 is 27.6 Å². The van der Waals surface area contributed by atoms with Crippen molar-refractivity contribution in [3.8, 4) is 0 Å². The van der Waals surface area contributed by atoms with Crippen LogP contribution in [0, 0.1) is 0 Å². The van der Waals surface area contributed by atoms with Gasteiger partial charge in [0.25, 0.3) is 5.91 Å². The van der Waals surface area contributed by atoms with Crippen molar-refractivity contribution in [2.24, 2.45) is 0 Å². The summed E-state index contributed by atoms with van der Waals surface area (Å²) in [6.45, 7) is 2.81. The Balaban J connectivity index is 1.78. The lowest BCUT2D eigenvalue weighted by atomic mass is 10.1. The van der Waals surface area contributed by atoms with Crippen molar-refractivity contribution in [1.29, 1.82) is 0 Å². The molecule has 0 unspecified atom stereocenters. The number of carbonyl (C=O) groups is 2. The fourth-order valence-corrected chi connectivity index (χ4v) is 4.24. The zero-order valence-corrected chi connectivity index (χ0v) is 16.0. The fourth-order valence-electron chi connectivity index (χ4n) is 2.82. The maximum Gasteiger partial charge on any atom is 0.324 e. The molecule has 0 saturated heterocycles. The second-order valence-electron chi connectivity index (χ2n) is 6.50. The Labute approximate surface area is 154 Å². The number of anilines is 1. The van der Waals surface area contributed by atoms with Gasteiger partial charge < -0.3 is 10.1 Å². The molecular formula is C18H26N2O5S. The third-order valence-corrected chi connectivity index (χ3v) is 5.74. The van der Waals surface area contributed by atoms with Crippen molar-refractivity contribution in [3.05, 3.63) is 29.3 Å². The van der Waals surface area contributed by atoms with Crippen molar-refractivity contribution < 1.29 is 22.7 Å². The normalized spacial score (nSPS) is 14.5. The first kappa shape index (κ1) is 20.4. The van der Waals surface area contributed by atoms with Gasteiger partial charge in [-0.25, -0.2) is 13.1 Å². The van der Waals surface area contributed by atoms with Crippen LogP contribution in [0.3, 0.4) is 0 Å². The lowest BCUT2D eigenvalue weighted by molar-refractivity contribution is -0.148. The van der Waals surface area contributed by atoms with Gasteiger partial charge in [-0.05, 0) is 55.9 Å². The Morgan fingerprint density at radius 2 is 1.96 bits per heavy atom. The first-order valence-corrected chi connectivity index (χ1v) is 10.5. The van der Waals surface area contributed by atoms with Gasteiger partial charge >= 0.3 is 5.97 Å². The molecular weight excluding hydrogens is 356 g/mol. The van der Waals surface area contributed by atoms with Crippen LogP contribution in [0.25, 0.3) is 0 Å². The molecule has 0 aliphatic heterocycles. The number of unbranched alkanes of at least 4 members (excludes halogenated alkanes) is 1. The summed E-state index contributed by atoms with van der Waals surface area (Å²) in [5, 5.41) is 2.69. The number of hydrogen-bond acceptors (Lipinski definition) is 5. The number of hydrogen-bond donors (Lipinski definition) is 2.